The lowest BCUT2D eigenvalue weighted by Gasteiger charge is -2.10. The fourth-order valence-corrected chi connectivity index (χ4v) is 3.67. The van der Waals surface area contributed by atoms with Crippen LogP contribution < -0.4 is 0 Å². The number of hydrogen-bond donors (Lipinski definition) is 0. The van der Waals surface area contributed by atoms with Gasteiger partial charge >= 0.3 is 0 Å². The van der Waals surface area contributed by atoms with Gasteiger partial charge in [-0.2, -0.15) is 0 Å². The van der Waals surface area contributed by atoms with E-state index in [0.717, 1.165) is 28.7 Å². The first kappa shape index (κ1) is 13.7. The van der Waals surface area contributed by atoms with Crippen LogP contribution in [-0.2, 0) is 6.42 Å². The van der Waals surface area contributed by atoms with Crippen molar-refractivity contribution in [2.45, 2.75) is 26.7 Å². The first-order valence-electron chi connectivity index (χ1n) is 7.19. The van der Waals surface area contributed by atoms with E-state index in [1.54, 1.807) is 11.3 Å². The Morgan fingerprint density at radius 2 is 2.20 bits per heavy atom. The summed E-state index contributed by atoms with van der Waals surface area (Å²) in [4.78, 5) is 12.9. The molecule has 4 heteroatoms. The molecule has 2 aromatic rings. The molecule has 1 fully saturated rings. The average Bonchev–Trinajstić information content (AvgIpc) is 2.98. The number of aromatic nitrogens is 2. The van der Waals surface area contributed by atoms with Crippen LogP contribution in [0.15, 0.2) is 18.3 Å². The van der Waals surface area contributed by atoms with Gasteiger partial charge in [-0.25, -0.2) is 4.98 Å². The van der Waals surface area contributed by atoms with Gasteiger partial charge in [0.1, 0.15) is 5.01 Å². The summed E-state index contributed by atoms with van der Waals surface area (Å²) in [5, 5.41) is 1.03. The van der Waals surface area contributed by atoms with Crippen LogP contribution in [0, 0.1) is 19.8 Å². The SMILES string of the molecule is Cc1nc(-c2ccc(CC3CCN(C)C3)cn2)sc1C. The second kappa shape index (κ2) is 5.62. The molecule has 0 aliphatic carbocycles. The highest BCUT2D eigenvalue weighted by Crippen LogP contribution is 2.26. The van der Waals surface area contributed by atoms with Gasteiger partial charge in [0.25, 0.3) is 0 Å². The van der Waals surface area contributed by atoms with Crippen LogP contribution in [0.5, 0.6) is 0 Å². The van der Waals surface area contributed by atoms with E-state index in [0.29, 0.717) is 0 Å². The number of nitrogens with zero attached hydrogens (tertiary/aromatic N) is 3. The molecule has 20 heavy (non-hydrogen) atoms. The minimum absolute atomic E-state index is 0.789. The normalized spacial score (nSPS) is 19.6. The highest BCUT2D eigenvalue weighted by Gasteiger charge is 2.19. The molecule has 3 heterocycles. The van der Waals surface area contributed by atoms with E-state index in [4.69, 9.17) is 0 Å². The maximum absolute atomic E-state index is 4.60. The lowest BCUT2D eigenvalue weighted by atomic mass is 10.00. The van der Waals surface area contributed by atoms with Crippen molar-refractivity contribution in [3.8, 4) is 10.7 Å². The van der Waals surface area contributed by atoms with Gasteiger partial charge in [0.2, 0.25) is 0 Å². The third-order valence-electron chi connectivity index (χ3n) is 4.09. The molecule has 0 bridgehead atoms. The molecular weight excluding hydrogens is 266 g/mol. The number of rotatable bonds is 3. The Morgan fingerprint density at radius 3 is 2.75 bits per heavy atom. The Hall–Kier alpha value is -1.26. The number of pyridine rings is 1. The summed E-state index contributed by atoms with van der Waals surface area (Å²) in [7, 11) is 2.20. The van der Waals surface area contributed by atoms with Crippen molar-refractivity contribution in [1.82, 2.24) is 14.9 Å². The van der Waals surface area contributed by atoms with Gasteiger partial charge in [0.05, 0.1) is 11.4 Å². The van der Waals surface area contributed by atoms with E-state index in [2.05, 4.69) is 47.9 Å². The van der Waals surface area contributed by atoms with Gasteiger partial charge < -0.3 is 4.90 Å². The van der Waals surface area contributed by atoms with Gasteiger partial charge in [-0.05, 0) is 57.8 Å². The summed E-state index contributed by atoms with van der Waals surface area (Å²) < 4.78 is 0. The minimum atomic E-state index is 0.789. The first-order chi connectivity index (χ1) is 9.61. The number of aryl methyl sites for hydroxylation is 2. The minimum Gasteiger partial charge on any atom is -0.306 e. The van der Waals surface area contributed by atoms with E-state index < -0.39 is 0 Å². The largest absolute Gasteiger partial charge is 0.306 e. The lowest BCUT2D eigenvalue weighted by Crippen LogP contribution is -2.15. The molecule has 1 aliphatic heterocycles. The third-order valence-corrected chi connectivity index (χ3v) is 5.18. The molecule has 1 saturated heterocycles. The Morgan fingerprint density at radius 1 is 1.35 bits per heavy atom. The second-order valence-corrected chi connectivity index (χ2v) is 7.04. The van der Waals surface area contributed by atoms with Crippen molar-refractivity contribution in [2.24, 2.45) is 5.92 Å². The molecule has 106 valence electrons. The standard InChI is InChI=1S/C16H21N3S/c1-11-12(2)20-16(18-11)15-5-4-13(9-17-15)8-14-6-7-19(3)10-14/h4-5,9,14H,6-8,10H2,1-3H3. The summed E-state index contributed by atoms with van der Waals surface area (Å²) in [6.07, 6.45) is 4.48. The highest BCUT2D eigenvalue weighted by molar-refractivity contribution is 7.15. The van der Waals surface area contributed by atoms with Crippen LogP contribution >= 0.6 is 11.3 Å². The summed E-state index contributed by atoms with van der Waals surface area (Å²) in [6, 6.07) is 4.33. The molecule has 2 aromatic heterocycles. The zero-order chi connectivity index (χ0) is 14.1. The number of hydrogen-bond acceptors (Lipinski definition) is 4. The van der Waals surface area contributed by atoms with Crippen molar-refractivity contribution in [1.29, 1.82) is 0 Å². The molecule has 0 radical (unpaired) electrons. The molecule has 1 unspecified atom stereocenters. The van der Waals surface area contributed by atoms with E-state index >= 15 is 0 Å². The van der Waals surface area contributed by atoms with E-state index in [-0.39, 0.29) is 0 Å². The van der Waals surface area contributed by atoms with Gasteiger partial charge in [-0.1, -0.05) is 6.07 Å². The van der Waals surface area contributed by atoms with Crippen LogP contribution in [0.4, 0.5) is 0 Å². The second-order valence-electron chi connectivity index (χ2n) is 5.83. The number of thiazole rings is 1. The van der Waals surface area contributed by atoms with Crippen LogP contribution in [0.1, 0.15) is 22.6 Å². The van der Waals surface area contributed by atoms with Crippen molar-refractivity contribution in [2.75, 3.05) is 20.1 Å². The molecule has 1 aliphatic rings. The molecule has 1 atom stereocenters. The van der Waals surface area contributed by atoms with Gasteiger partial charge in [0, 0.05) is 17.6 Å². The summed E-state index contributed by atoms with van der Waals surface area (Å²) in [6.45, 7) is 6.61. The molecule has 3 nitrogen and oxygen atoms in total. The monoisotopic (exact) mass is 287 g/mol. The van der Waals surface area contributed by atoms with Gasteiger partial charge in [0.15, 0.2) is 0 Å². The predicted octanol–water partition coefficient (Wildman–Crippen LogP) is 3.32. The summed E-state index contributed by atoms with van der Waals surface area (Å²) in [5.41, 5.74) is 3.46. The van der Waals surface area contributed by atoms with Gasteiger partial charge in [-0.15, -0.1) is 11.3 Å². The Balaban J connectivity index is 1.71. The molecule has 0 amide bonds. The Kier molecular flexibility index (Phi) is 3.85. The zero-order valence-electron chi connectivity index (χ0n) is 12.4. The van der Waals surface area contributed by atoms with Crippen molar-refractivity contribution < 1.29 is 0 Å². The highest BCUT2D eigenvalue weighted by atomic mass is 32.1. The topological polar surface area (TPSA) is 29.0 Å². The molecule has 3 rings (SSSR count). The summed E-state index contributed by atoms with van der Waals surface area (Å²) in [5.74, 6) is 0.789. The first-order valence-corrected chi connectivity index (χ1v) is 8.01. The van der Waals surface area contributed by atoms with Crippen molar-refractivity contribution in [3.05, 3.63) is 34.5 Å². The molecule has 0 N–H and O–H groups in total. The maximum Gasteiger partial charge on any atom is 0.142 e. The van der Waals surface area contributed by atoms with Gasteiger partial charge in [-0.3, -0.25) is 4.98 Å². The van der Waals surface area contributed by atoms with Crippen molar-refractivity contribution >= 4 is 11.3 Å². The zero-order valence-corrected chi connectivity index (χ0v) is 13.2. The van der Waals surface area contributed by atoms with Crippen molar-refractivity contribution in [3.63, 3.8) is 0 Å². The Labute approximate surface area is 124 Å². The van der Waals surface area contributed by atoms with Crippen LogP contribution in [-0.4, -0.2) is 35.0 Å². The third kappa shape index (κ3) is 2.91. The average molecular weight is 287 g/mol. The quantitative estimate of drug-likeness (QED) is 0.867. The lowest BCUT2D eigenvalue weighted by molar-refractivity contribution is 0.394. The number of likely N-dealkylation sites (tertiary alicyclic amines) is 1. The summed E-state index contributed by atoms with van der Waals surface area (Å²) >= 11 is 1.73. The maximum atomic E-state index is 4.60. The predicted molar refractivity (Wildman–Crippen MR) is 84.1 cm³/mol. The van der Waals surface area contributed by atoms with E-state index in [1.807, 2.05) is 6.20 Å². The Bertz CT molecular complexity index is 569. The van der Waals surface area contributed by atoms with E-state index in [9.17, 15) is 0 Å². The van der Waals surface area contributed by atoms with Crippen LogP contribution in [0.2, 0.25) is 0 Å². The fraction of sp³-hybridized carbons (Fsp3) is 0.500. The molecule has 0 aromatic carbocycles. The smallest absolute Gasteiger partial charge is 0.142 e. The molecule has 0 saturated carbocycles. The molecular formula is C16H21N3S. The molecule has 0 spiro atoms. The van der Waals surface area contributed by atoms with Crippen LogP contribution in [0.25, 0.3) is 10.7 Å². The fourth-order valence-electron chi connectivity index (χ4n) is 2.78. The van der Waals surface area contributed by atoms with E-state index in [1.165, 1.54) is 30.0 Å². The van der Waals surface area contributed by atoms with Crippen LogP contribution in [0.3, 0.4) is 0 Å².